The molecule has 0 unspecified atom stereocenters. The van der Waals surface area contributed by atoms with Crippen LogP contribution in [0.15, 0.2) is 11.6 Å². The van der Waals surface area contributed by atoms with Gasteiger partial charge < -0.3 is 5.11 Å². The van der Waals surface area contributed by atoms with Crippen molar-refractivity contribution in [3.05, 3.63) is 11.6 Å². The molecule has 0 atom stereocenters. The Morgan fingerprint density at radius 1 is 1.75 bits per heavy atom. The van der Waals surface area contributed by atoms with E-state index < -0.39 is 0 Å². The second-order valence-corrected chi connectivity index (χ2v) is 1.55. The molecule has 8 heavy (non-hydrogen) atoms. The molecule has 2 nitrogen and oxygen atoms in total. The van der Waals surface area contributed by atoms with Crippen LogP contribution in [0.1, 0.15) is 13.8 Å². The van der Waals surface area contributed by atoms with E-state index in [1.165, 1.54) is 0 Å². The second-order valence-electron chi connectivity index (χ2n) is 1.55. The van der Waals surface area contributed by atoms with Gasteiger partial charge in [-0.25, -0.2) is 0 Å². The van der Waals surface area contributed by atoms with Crippen LogP contribution in [-0.2, 0) is 4.79 Å². The summed E-state index contributed by atoms with van der Waals surface area (Å²) in [4.78, 5) is 10.4. The van der Waals surface area contributed by atoms with Crippen LogP contribution in [0.4, 0.5) is 0 Å². The number of hydrogen-bond acceptors (Lipinski definition) is 2. The Bertz CT molecular complexity index is 114. The van der Waals surface area contributed by atoms with Crippen LogP contribution in [0.5, 0.6) is 0 Å². The quantitative estimate of drug-likeness (QED) is 0.531. The first-order chi connectivity index (χ1) is 3.72. The van der Waals surface area contributed by atoms with Gasteiger partial charge in [-0.15, -0.1) is 0 Å². The molecular weight excluding hydrogens is 104 g/mol. The van der Waals surface area contributed by atoms with Gasteiger partial charge in [0.1, 0.15) is 6.61 Å². The summed E-state index contributed by atoms with van der Waals surface area (Å²) in [6, 6.07) is 0. The number of carbonyl (C=O) groups excluding carboxylic acids is 1. The Labute approximate surface area is 48.8 Å². The van der Waals surface area contributed by atoms with Crippen LogP contribution in [0, 0.1) is 0 Å². The highest BCUT2D eigenvalue weighted by atomic mass is 16.3. The lowest BCUT2D eigenvalue weighted by atomic mass is 10.2. The van der Waals surface area contributed by atoms with Crippen LogP contribution in [0.25, 0.3) is 0 Å². The number of rotatable bonds is 2. The zero-order chi connectivity index (χ0) is 6.57. The van der Waals surface area contributed by atoms with Crippen molar-refractivity contribution in [1.82, 2.24) is 0 Å². The van der Waals surface area contributed by atoms with Crippen LogP contribution < -0.4 is 0 Å². The summed E-state index contributed by atoms with van der Waals surface area (Å²) >= 11 is 0. The third kappa shape index (κ3) is 1.89. The molecule has 0 aromatic heterocycles. The summed E-state index contributed by atoms with van der Waals surface area (Å²) in [6.07, 6.45) is 1.68. The molecule has 1 N–H and O–H groups in total. The zero-order valence-corrected chi connectivity index (χ0v) is 5.14. The van der Waals surface area contributed by atoms with Crippen LogP contribution >= 0.6 is 0 Å². The molecule has 0 saturated carbocycles. The van der Waals surface area contributed by atoms with E-state index in [1.807, 2.05) is 0 Å². The fraction of sp³-hybridized carbons (Fsp3) is 0.500. The molecule has 0 bridgehead atoms. The third-order valence-electron chi connectivity index (χ3n) is 1.02. The number of allylic oxidation sites excluding steroid dienone is 1. The lowest BCUT2D eigenvalue weighted by Crippen LogP contribution is -2.03. The minimum atomic E-state index is -0.379. The van der Waals surface area contributed by atoms with Crippen molar-refractivity contribution < 1.29 is 9.90 Å². The Morgan fingerprint density at radius 3 is 2.38 bits per heavy atom. The highest BCUT2D eigenvalue weighted by Crippen LogP contribution is 1.90. The lowest BCUT2D eigenvalue weighted by Gasteiger charge is -1.90. The maximum atomic E-state index is 10.4. The van der Waals surface area contributed by atoms with Gasteiger partial charge in [0, 0.05) is 0 Å². The highest BCUT2D eigenvalue weighted by Gasteiger charge is 1.97. The molecule has 0 heterocycles. The van der Waals surface area contributed by atoms with Crippen molar-refractivity contribution in [2.75, 3.05) is 6.61 Å². The second kappa shape index (κ2) is 3.38. The van der Waals surface area contributed by atoms with Crippen LogP contribution in [-0.4, -0.2) is 17.5 Å². The first-order valence-corrected chi connectivity index (χ1v) is 2.49. The summed E-state index contributed by atoms with van der Waals surface area (Å²) in [7, 11) is 0. The topological polar surface area (TPSA) is 37.3 Å². The van der Waals surface area contributed by atoms with Crippen LogP contribution in [0.3, 0.4) is 0 Å². The number of aliphatic hydroxyl groups excluding tert-OH is 1. The summed E-state index contributed by atoms with van der Waals surface area (Å²) in [5, 5.41) is 8.25. The molecule has 46 valence electrons. The van der Waals surface area contributed by atoms with E-state index in [9.17, 15) is 4.79 Å². The monoisotopic (exact) mass is 114 g/mol. The standard InChI is InChI=1S/C6H10O2/c1-3-5(2)6(8)4-7/h3,7H,4H2,1-2H3/b5-3+. The molecule has 0 aliphatic heterocycles. The number of aliphatic hydroxyl groups is 1. The van der Waals surface area contributed by atoms with Crippen molar-refractivity contribution in [2.45, 2.75) is 13.8 Å². The molecule has 0 aliphatic carbocycles. The fourth-order valence-corrected chi connectivity index (χ4v) is 0.286. The average Bonchev–Trinajstić information content (AvgIpc) is 1.84. The van der Waals surface area contributed by atoms with E-state index in [0.29, 0.717) is 5.57 Å². The minimum absolute atomic E-state index is 0.201. The molecule has 0 amide bonds. The molecular formula is C6H10O2. The van der Waals surface area contributed by atoms with Crippen LogP contribution in [0.2, 0.25) is 0 Å². The normalized spacial score (nSPS) is 11.6. The predicted octanol–water partition coefficient (Wildman–Crippen LogP) is 0.514. The van der Waals surface area contributed by atoms with E-state index in [-0.39, 0.29) is 12.4 Å². The van der Waals surface area contributed by atoms with Gasteiger partial charge >= 0.3 is 0 Å². The summed E-state index contributed by atoms with van der Waals surface area (Å²) < 4.78 is 0. The Hall–Kier alpha value is -0.630. The molecule has 0 rings (SSSR count). The summed E-state index contributed by atoms with van der Waals surface area (Å²) in [5.74, 6) is -0.201. The first-order valence-electron chi connectivity index (χ1n) is 2.49. The van der Waals surface area contributed by atoms with Gasteiger partial charge in [0.15, 0.2) is 5.78 Å². The number of ketones is 1. The van der Waals surface area contributed by atoms with E-state index in [2.05, 4.69) is 0 Å². The third-order valence-corrected chi connectivity index (χ3v) is 1.02. The molecule has 0 fully saturated rings. The van der Waals surface area contributed by atoms with E-state index in [1.54, 1.807) is 19.9 Å². The van der Waals surface area contributed by atoms with Crippen molar-refractivity contribution >= 4 is 5.78 Å². The van der Waals surface area contributed by atoms with Gasteiger partial charge in [-0.2, -0.15) is 0 Å². The van der Waals surface area contributed by atoms with Gasteiger partial charge in [0.05, 0.1) is 0 Å². The number of Topliss-reactive ketones (excluding diaryl/α,β-unsaturated/α-hetero) is 1. The van der Waals surface area contributed by atoms with Gasteiger partial charge in [-0.3, -0.25) is 4.79 Å². The largest absolute Gasteiger partial charge is 0.388 e. The number of hydrogen-bond donors (Lipinski definition) is 1. The molecule has 0 aromatic rings. The Kier molecular flexibility index (Phi) is 3.12. The predicted molar refractivity (Wildman–Crippen MR) is 31.5 cm³/mol. The molecule has 0 aliphatic rings. The van der Waals surface area contributed by atoms with Crippen molar-refractivity contribution in [2.24, 2.45) is 0 Å². The van der Waals surface area contributed by atoms with Gasteiger partial charge in [0.25, 0.3) is 0 Å². The average molecular weight is 114 g/mol. The lowest BCUT2D eigenvalue weighted by molar-refractivity contribution is -0.118. The maximum absolute atomic E-state index is 10.4. The Morgan fingerprint density at radius 2 is 2.25 bits per heavy atom. The Balaban J connectivity index is 3.83. The number of carbonyl (C=O) groups is 1. The fourth-order valence-electron chi connectivity index (χ4n) is 0.286. The van der Waals surface area contributed by atoms with E-state index in [0.717, 1.165) is 0 Å². The SMILES string of the molecule is C/C=C(\C)C(=O)CO. The molecule has 0 saturated heterocycles. The molecule has 0 spiro atoms. The van der Waals surface area contributed by atoms with E-state index >= 15 is 0 Å². The highest BCUT2D eigenvalue weighted by molar-refractivity contribution is 5.95. The van der Waals surface area contributed by atoms with E-state index in [4.69, 9.17) is 5.11 Å². The smallest absolute Gasteiger partial charge is 0.183 e. The summed E-state index contributed by atoms with van der Waals surface area (Å²) in [5.41, 5.74) is 0.618. The zero-order valence-electron chi connectivity index (χ0n) is 5.14. The van der Waals surface area contributed by atoms with Gasteiger partial charge in [-0.05, 0) is 19.4 Å². The minimum Gasteiger partial charge on any atom is -0.388 e. The first kappa shape index (κ1) is 7.37. The molecule has 0 radical (unpaired) electrons. The molecule has 2 heteroatoms. The van der Waals surface area contributed by atoms with Gasteiger partial charge in [0.2, 0.25) is 0 Å². The van der Waals surface area contributed by atoms with Crippen molar-refractivity contribution in [3.8, 4) is 0 Å². The maximum Gasteiger partial charge on any atom is 0.183 e. The summed E-state index contributed by atoms with van der Waals surface area (Å²) in [6.45, 7) is 3.07. The van der Waals surface area contributed by atoms with Crippen molar-refractivity contribution in [3.63, 3.8) is 0 Å². The van der Waals surface area contributed by atoms with Gasteiger partial charge in [-0.1, -0.05) is 6.08 Å². The van der Waals surface area contributed by atoms with Crippen molar-refractivity contribution in [1.29, 1.82) is 0 Å². The molecule has 0 aromatic carbocycles.